The summed E-state index contributed by atoms with van der Waals surface area (Å²) in [7, 11) is 1.28. The van der Waals surface area contributed by atoms with Crippen molar-refractivity contribution in [3.05, 3.63) is 58.4 Å². The maximum absolute atomic E-state index is 12.5. The smallest absolute Gasteiger partial charge is 0.339 e. The monoisotopic (exact) mass is 357 g/mol. The predicted molar refractivity (Wildman–Crippen MR) is 96.4 cm³/mol. The molecule has 2 rings (SSSR count). The molecule has 0 bridgehead atoms. The molecule has 0 saturated heterocycles. The Balaban J connectivity index is 2.12. The van der Waals surface area contributed by atoms with E-state index >= 15 is 0 Å². The van der Waals surface area contributed by atoms with Gasteiger partial charge < -0.3 is 14.5 Å². The molecule has 1 aromatic carbocycles. The van der Waals surface area contributed by atoms with Crippen molar-refractivity contribution in [2.24, 2.45) is 0 Å². The van der Waals surface area contributed by atoms with Crippen LogP contribution in [0.4, 0.5) is 0 Å². The minimum Gasteiger partial charge on any atom is -0.465 e. The third-order valence-electron chi connectivity index (χ3n) is 4.45. The molecule has 0 atom stereocenters. The Morgan fingerprint density at radius 2 is 1.69 bits per heavy atom. The number of ketones is 1. The molecular formula is C20H23NO5. The zero-order valence-electron chi connectivity index (χ0n) is 15.6. The van der Waals surface area contributed by atoms with Gasteiger partial charge in [0.05, 0.1) is 23.8 Å². The summed E-state index contributed by atoms with van der Waals surface area (Å²) in [6.45, 7) is 6.42. The van der Waals surface area contributed by atoms with Crippen molar-refractivity contribution in [2.45, 2.75) is 33.1 Å². The standard InChI is InChI=1S/C20H23NO5/c1-12-16(18(23)25-5)13(2)21-17(12)15(22)11-26-19(24)20(3,4)14-9-7-6-8-10-14/h6-10,21H,11H2,1-5H3. The second-order valence-electron chi connectivity index (χ2n) is 6.61. The van der Waals surface area contributed by atoms with Crippen LogP contribution < -0.4 is 0 Å². The lowest BCUT2D eigenvalue weighted by molar-refractivity contribution is -0.148. The van der Waals surface area contributed by atoms with Crippen LogP contribution in [0.25, 0.3) is 0 Å². The molecule has 1 N–H and O–H groups in total. The molecule has 0 unspecified atom stereocenters. The Hall–Kier alpha value is -2.89. The summed E-state index contributed by atoms with van der Waals surface area (Å²) in [5.74, 6) is -1.42. The number of carbonyl (C=O) groups excluding carboxylic acids is 3. The second-order valence-corrected chi connectivity index (χ2v) is 6.61. The molecule has 6 nitrogen and oxygen atoms in total. The fraction of sp³-hybridized carbons (Fsp3) is 0.350. The minimum atomic E-state index is -0.876. The van der Waals surface area contributed by atoms with Gasteiger partial charge in [-0.15, -0.1) is 0 Å². The van der Waals surface area contributed by atoms with Crippen LogP contribution in [0.5, 0.6) is 0 Å². The summed E-state index contributed by atoms with van der Waals surface area (Å²) in [6.07, 6.45) is 0. The van der Waals surface area contributed by atoms with Gasteiger partial charge in [0.1, 0.15) is 0 Å². The van der Waals surface area contributed by atoms with E-state index in [2.05, 4.69) is 4.98 Å². The highest BCUT2D eigenvalue weighted by atomic mass is 16.5. The van der Waals surface area contributed by atoms with Crippen molar-refractivity contribution < 1.29 is 23.9 Å². The van der Waals surface area contributed by atoms with Gasteiger partial charge in [0.2, 0.25) is 5.78 Å². The van der Waals surface area contributed by atoms with Crippen LogP contribution in [0, 0.1) is 13.8 Å². The van der Waals surface area contributed by atoms with Crippen LogP contribution >= 0.6 is 0 Å². The zero-order valence-corrected chi connectivity index (χ0v) is 15.6. The number of hydrogen-bond donors (Lipinski definition) is 1. The number of Topliss-reactive ketones (excluding diaryl/α,β-unsaturated/α-hetero) is 1. The molecule has 0 radical (unpaired) electrons. The Labute approximate surface area is 152 Å². The van der Waals surface area contributed by atoms with E-state index in [1.807, 2.05) is 30.3 Å². The summed E-state index contributed by atoms with van der Waals surface area (Å²) in [4.78, 5) is 39.6. The summed E-state index contributed by atoms with van der Waals surface area (Å²) in [5.41, 5.74) is 1.52. The van der Waals surface area contributed by atoms with Gasteiger partial charge in [-0.2, -0.15) is 0 Å². The number of H-pyrrole nitrogens is 1. The molecule has 0 aliphatic carbocycles. The second kappa shape index (κ2) is 7.56. The lowest BCUT2D eigenvalue weighted by atomic mass is 9.85. The fourth-order valence-electron chi connectivity index (χ4n) is 2.79. The van der Waals surface area contributed by atoms with Crippen molar-refractivity contribution in [1.29, 1.82) is 0 Å². The minimum absolute atomic E-state index is 0.244. The molecule has 0 saturated carbocycles. The van der Waals surface area contributed by atoms with Gasteiger partial charge in [0.15, 0.2) is 6.61 Å². The van der Waals surface area contributed by atoms with Crippen molar-refractivity contribution in [3.8, 4) is 0 Å². The number of aromatic nitrogens is 1. The lowest BCUT2D eigenvalue weighted by Gasteiger charge is -2.22. The number of aromatic amines is 1. The first-order valence-electron chi connectivity index (χ1n) is 8.23. The van der Waals surface area contributed by atoms with Crippen molar-refractivity contribution in [1.82, 2.24) is 4.98 Å². The maximum Gasteiger partial charge on any atom is 0.339 e. The van der Waals surface area contributed by atoms with Gasteiger partial charge in [-0.3, -0.25) is 9.59 Å². The van der Waals surface area contributed by atoms with E-state index in [1.54, 1.807) is 27.7 Å². The molecule has 1 heterocycles. The average Bonchev–Trinajstić information content (AvgIpc) is 2.93. The third-order valence-corrected chi connectivity index (χ3v) is 4.45. The molecule has 138 valence electrons. The number of carbonyl (C=O) groups is 3. The fourth-order valence-corrected chi connectivity index (χ4v) is 2.79. The number of hydrogen-bond acceptors (Lipinski definition) is 5. The van der Waals surface area contributed by atoms with Gasteiger partial charge >= 0.3 is 11.9 Å². The highest BCUT2D eigenvalue weighted by molar-refractivity contribution is 6.02. The van der Waals surface area contributed by atoms with Crippen LogP contribution in [0.1, 0.15) is 51.5 Å². The predicted octanol–water partition coefficient (Wildman–Crippen LogP) is 3.12. The molecule has 0 spiro atoms. The van der Waals surface area contributed by atoms with E-state index in [-0.39, 0.29) is 5.69 Å². The van der Waals surface area contributed by atoms with Crippen LogP contribution in [0.15, 0.2) is 30.3 Å². The molecule has 0 fully saturated rings. The van der Waals surface area contributed by atoms with Crippen LogP contribution in [0.3, 0.4) is 0 Å². The third kappa shape index (κ3) is 3.69. The molecule has 2 aromatic rings. The number of esters is 2. The number of benzene rings is 1. The number of aryl methyl sites for hydroxylation is 1. The van der Waals surface area contributed by atoms with E-state index in [1.165, 1.54) is 7.11 Å². The molecule has 0 aliphatic heterocycles. The highest BCUT2D eigenvalue weighted by Gasteiger charge is 2.32. The molecule has 0 aliphatic rings. The van der Waals surface area contributed by atoms with E-state index in [0.717, 1.165) is 5.56 Å². The van der Waals surface area contributed by atoms with Gasteiger partial charge in [-0.05, 0) is 38.8 Å². The van der Waals surface area contributed by atoms with Crippen molar-refractivity contribution in [2.75, 3.05) is 13.7 Å². The number of ether oxygens (including phenoxy) is 2. The van der Waals surface area contributed by atoms with E-state index < -0.39 is 29.7 Å². The quantitative estimate of drug-likeness (QED) is 0.634. The number of methoxy groups -OCH3 is 1. The zero-order chi connectivity index (χ0) is 19.5. The molecule has 26 heavy (non-hydrogen) atoms. The number of nitrogens with one attached hydrogen (secondary N) is 1. The van der Waals surface area contributed by atoms with Crippen LogP contribution in [0.2, 0.25) is 0 Å². The Kier molecular flexibility index (Phi) is 5.65. The highest BCUT2D eigenvalue weighted by Crippen LogP contribution is 2.25. The maximum atomic E-state index is 12.5. The number of rotatable bonds is 6. The molecule has 0 amide bonds. The molecule has 1 aromatic heterocycles. The first kappa shape index (κ1) is 19.4. The first-order valence-corrected chi connectivity index (χ1v) is 8.23. The molecule has 6 heteroatoms. The van der Waals surface area contributed by atoms with Gasteiger partial charge in [-0.25, -0.2) is 4.79 Å². The molecular weight excluding hydrogens is 334 g/mol. The summed E-state index contributed by atoms with van der Waals surface area (Å²) < 4.78 is 9.97. The summed E-state index contributed by atoms with van der Waals surface area (Å²) >= 11 is 0. The van der Waals surface area contributed by atoms with Crippen LogP contribution in [-0.4, -0.2) is 36.4 Å². The van der Waals surface area contributed by atoms with E-state index in [4.69, 9.17) is 9.47 Å². The Bertz CT molecular complexity index is 833. The Morgan fingerprint density at radius 1 is 1.08 bits per heavy atom. The van der Waals surface area contributed by atoms with Gasteiger partial charge in [0.25, 0.3) is 0 Å². The van der Waals surface area contributed by atoms with Gasteiger partial charge in [-0.1, -0.05) is 30.3 Å². The van der Waals surface area contributed by atoms with E-state index in [0.29, 0.717) is 16.8 Å². The normalized spacial score (nSPS) is 11.1. The largest absolute Gasteiger partial charge is 0.465 e. The summed E-state index contributed by atoms with van der Waals surface area (Å²) in [6, 6.07) is 9.22. The summed E-state index contributed by atoms with van der Waals surface area (Å²) in [5, 5.41) is 0. The average molecular weight is 357 g/mol. The Morgan fingerprint density at radius 3 is 2.27 bits per heavy atom. The topological polar surface area (TPSA) is 85.5 Å². The van der Waals surface area contributed by atoms with Gasteiger partial charge in [0, 0.05) is 5.69 Å². The SMILES string of the molecule is COC(=O)c1c(C)[nH]c(C(=O)COC(=O)C(C)(C)c2ccccc2)c1C. The van der Waals surface area contributed by atoms with Crippen LogP contribution in [-0.2, 0) is 19.7 Å². The van der Waals surface area contributed by atoms with Crippen molar-refractivity contribution in [3.63, 3.8) is 0 Å². The first-order chi connectivity index (χ1) is 12.2. The van der Waals surface area contributed by atoms with Crippen molar-refractivity contribution >= 4 is 17.7 Å². The lowest BCUT2D eigenvalue weighted by Crippen LogP contribution is -2.32. The van der Waals surface area contributed by atoms with E-state index in [9.17, 15) is 14.4 Å².